The number of halogens is 1. The van der Waals surface area contributed by atoms with Gasteiger partial charge in [0.1, 0.15) is 0 Å². The molecule has 5 nitrogen and oxygen atoms in total. The third-order valence-electron chi connectivity index (χ3n) is 3.73. The fourth-order valence-corrected chi connectivity index (χ4v) is 2.66. The lowest BCUT2D eigenvalue weighted by atomic mass is 9.85. The van der Waals surface area contributed by atoms with E-state index in [0.29, 0.717) is 18.7 Å². The Balaban J connectivity index is 0.00000121. The molecule has 1 aliphatic heterocycles. The van der Waals surface area contributed by atoms with Gasteiger partial charge in [-0.05, 0) is 29.3 Å². The van der Waals surface area contributed by atoms with E-state index >= 15 is 0 Å². The van der Waals surface area contributed by atoms with E-state index in [0.717, 1.165) is 11.1 Å². The summed E-state index contributed by atoms with van der Waals surface area (Å²) in [6, 6.07) is 7.94. The fourth-order valence-electron chi connectivity index (χ4n) is 2.66. The van der Waals surface area contributed by atoms with Gasteiger partial charge in [-0.3, -0.25) is 0 Å². The number of rotatable bonds is 1. The Kier molecular flexibility index (Phi) is 4.16. The largest absolute Gasteiger partial charge is 1.00 e. The minimum atomic E-state index is -0.169. The van der Waals surface area contributed by atoms with Crippen LogP contribution in [0.15, 0.2) is 30.3 Å². The lowest BCUT2D eigenvalue weighted by molar-refractivity contribution is -0.00000753. The quantitative estimate of drug-likeness (QED) is 0.430. The number of fused-ring (bicyclic) bond motifs is 1. The molecule has 2 aromatic rings. The van der Waals surface area contributed by atoms with Crippen molar-refractivity contribution in [2.45, 2.75) is 12.5 Å². The second kappa shape index (κ2) is 5.71. The molecule has 0 fully saturated rings. The Bertz CT molecular complexity index is 681. The highest BCUT2D eigenvalue weighted by molar-refractivity contribution is 5.54. The third-order valence-corrected chi connectivity index (χ3v) is 3.73. The molecule has 0 aliphatic carbocycles. The molecule has 6 heteroatoms. The summed E-state index contributed by atoms with van der Waals surface area (Å²) >= 11 is 0. The topological polar surface area (TPSA) is 93.0 Å². The summed E-state index contributed by atoms with van der Waals surface area (Å²) in [5.41, 5.74) is 2.40. The number of benzene rings is 2. The van der Waals surface area contributed by atoms with Crippen molar-refractivity contribution in [3.05, 3.63) is 47.0 Å². The van der Waals surface area contributed by atoms with Crippen LogP contribution in [0.5, 0.6) is 23.0 Å². The zero-order chi connectivity index (χ0) is 14.3. The number of phenolic OH excluding ortho intramolecular Hbond substituents is 4. The first kappa shape index (κ1) is 15.3. The Morgan fingerprint density at radius 1 is 0.952 bits per heavy atom. The van der Waals surface area contributed by atoms with Gasteiger partial charge in [-0.15, -0.1) is 0 Å². The average Bonchev–Trinajstić information content (AvgIpc) is 2.45. The van der Waals surface area contributed by atoms with Crippen molar-refractivity contribution in [3.8, 4) is 23.0 Å². The van der Waals surface area contributed by atoms with Crippen molar-refractivity contribution >= 4 is 0 Å². The summed E-state index contributed by atoms with van der Waals surface area (Å²) in [4.78, 5) is 0. The summed E-state index contributed by atoms with van der Waals surface area (Å²) in [6.45, 7) is 1.14. The van der Waals surface area contributed by atoms with Crippen LogP contribution in [0.2, 0.25) is 0 Å². The summed E-state index contributed by atoms with van der Waals surface area (Å²) in [7, 11) is 0. The van der Waals surface area contributed by atoms with Gasteiger partial charge in [-0.1, -0.05) is 12.1 Å². The molecule has 3 rings (SSSR count). The maximum absolute atomic E-state index is 9.93. The smallest absolute Gasteiger partial charge is 1.00 e. The molecule has 21 heavy (non-hydrogen) atoms. The minimum absolute atomic E-state index is 0. The van der Waals surface area contributed by atoms with Crippen LogP contribution >= 0.6 is 0 Å². The zero-order valence-corrected chi connectivity index (χ0v) is 11.8. The molecule has 0 aromatic heterocycles. The maximum Gasteiger partial charge on any atom is 1.00 e. The lowest BCUT2D eigenvalue weighted by Gasteiger charge is -2.27. The van der Waals surface area contributed by atoms with E-state index in [1.807, 2.05) is 0 Å². The molecule has 5 N–H and O–H groups in total. The van der Waals surface area contributed by atoms with E-state index < -0.39 is 0 Å². The van der Waals surface area contributed by atoms with E-state index in [1.165, 1.54) is 18.2 Å². The highest BCUT2D eigenvalue weighted by Gasteiger charge is 2.25. The zero-order valence-electron chi connectivity index (χ0n) is 12.0. The first-order chi connectivity index (χ1) is 9.58. The maximum atomic E-state index is 9.93. The van der Waals surface area contributed by atoms with E-state index in [4.69, 9.17) is 0 Å². The van der Waals surface area contributed by atoms with Crippen LogP contribution in [0.4, 0.5) is 0 Å². The van der Waals surface area contributed by atoms with Gasteiger partial charge in [0.05, 0.1) is 0 Å². The Hall–Kier alpha value is -2.11. The highest BCUT2D eigenvalue weighted by Crippen LogP contribution is 2.40. The summed E-state index contributed by atoms with van der Waals surface area (Å²) in [5, 5.41) is 41.7. The second-order valence-electron chi connectivity index (χ2n) is 4.93. The molecule has 1 aliphatic rings. The van der Waals surface area contributed by atoms with Crippen molar-refractivity contribution < 1.29 is 34.3 Å². The van der Waals surface area contributed by atoms with Gasteiger partial charge in [0.2, 0.25) is 0 Å². The molecule has 1 atom stereocenters. The molecule has 0 amide bonds. The molecule has 0 saturated heterocycles. The number of phenols is 4. The normalized spacial score (nSPS) is 16.9. The third kappa shape index (κ3) is 2.57. The van der Waals surface area contributed by atoms with Gasteiger partial charge in [0.15, 0.2) is 23.0 Å². The minimum Gasteiger partial charge on any atom is -1.00 e. The second-order valence-corrected chi connectivity index (χ2v) is 4.93. The van der Waals surface area contributed by atoms with Crippen LogP contribution < -0.4 is 17.7 Å². The molecule has 2 aromatic carbocycles. The van der Waals surface area contributed by atoms with Crippen molar-refractivity contribution in [1.29, 1.82) is 0 Å². The number of hydrogen-bond acceptors (Lipinski definition) is 5. The first-order valence-corrected chi connectivity index (χ1v) is 6.34. The molecular weight excluding hydrogens is 294 g/mol. The molecular formula is C15H16ClNO4. The van der Waals surface area contributed by atoms with Crippen LogP contribution in [0.3, 0.4) is 0 Å². The van der Waals surface area contributed by atoms with Crippen molar-refractivity contribution in [1.82, 2.24) is 5.32 Å². The Morgan fingerprint density at radius 3 is 2.38 bits per heavy atom. The Morgan fingerprint density at radius 2 is 1.67 bits per heavy atom. The predicted octanol–water partition coefficient (Wildman–Crippen LogP) is -1.14. The predicted molar refractivity (Wildman–Crippen MR) is 74.2 cm³/mol. The van der Waals surface area contributed by atoms with Gasteiger partial charge in [-0.25, -0.2) is 0 Å². The SMILES string of the molecule is Oc1ccc([C@@H]2CNCc3c2ccc(O)c3O)cc1O.[Cl-].[H+]. The summed E-state index contributed by atoms with van der Waals surface area (Å²) < 4.78 is 0. The molecule has 0 spiro atoms. The molecule has 0 radical (unpaired) electrons. The standard InChI is InChI=1S/C15H15NO4.ClH/c17-12-3-1-8(5-14(12)19)10-6-16-7-11-9(10)2-4-13(18)15(11)20;/h1-5,10,16-20H,6-7H2;1H/t10-;/m0./s1. The van der Waals surface area contributed by atoms with Crippen LogP contribution in [-0.2, 0) is 6.54 Å². The highest BCUT2D eigenvalue weighted by atomic mass is 35.5. The monoisotopic (exact) mass is 309 g/mol. The van der Waals surface area contributed by atoms with Crippen molar-refractivity contribution in [2.24, 2.45) is 0 Å². The van der Waals surface area contributed by atoms with E-state index in [2.05, 4.69) is 5.32 Å². The fraction of sp³-hybridized carbons (Fsp3) is 0.200. The molecule has 0 saturated carbocycles. The van der Waals surface area contributed by atoms with Gasteiger partial charge in [0.25, 0.3) is 0 Å². The molecule has 0 bridgehead atoms. The number of aromatic hydroxyl groups is 4. The molecule has 1 heterocycles. The number of hydrogen-bond donors (Lipinski definition) is 5. The summed E-state index contributed by atoms with van der Waals surface area (Å²) in [6.07, 6.45) is 0. The lowest BCUT2D eigenvalue weighted by Crippen LogP contribution is -3.00. The molecule has 112 valence electrons. The average molecular weight is 310 g/mol. The van der Waals surface area contributed by atoms with E-state index in [1.54, 1.807) is 12.1 Å². The van der Waals surface area contributed by atoms with Crippen molar-refractivity contribution in [2.75, 3.05) is 6.54 Å². The molecule has 0 unspecified atom stereocenters. The summed E-state index contributed by atoms with van der Waals surface area (Å²) in [5.74, 6) is -0.636. The van der Waals surface area contributed by atoms with Crippen LogP contribution in [0, 0.1) is 0 Å². The van der Waals surface area contributed by atoms with Crippen LogP contribution in [0.1, 0.15) is 24.0 Å². The van der Waals surface area contributed by atoms with E-state index in [9.17, 15) is 20.4 Å². The van der Waals surface area contributed by atoms with Gasteiger partial charge < -0.3 is 38.1 Å². The Labute approximate surface area is 129 Å². The van der Waals surface area contributed by atoms with Gasteiger partial charge >= 0.3 is 1.43 Å². The number of nitrogens with one attached hydrogen (secondary N) is 1. The van der Waals surface area contributed by atoms with Crippen LogP contribution in [0.25, 0.3) is 0 Å². The van der Waals surface area contributed by atoms with Gasteiger partial charge in [-0.2, -0.15) is 0 Å². The van der Waals surface area contributed by atoms with Gasteiger partial charge in [0, 0.05) is 24.6 Å². The van der Waals surface area contributed by atoms with Crippen LogP contribution in [-0.4, -0.2) is 27.0 Å². The van der Waals surface area contributed by atoms with E-state index in [-0.39, 0.29) is 42.7 Å². The first-order valence-electron chi connectivity index (χ1n) is 6.34. The van der Waals surface area contributed by atoms with Crippen molar-refractivity contribution in [3.63, 3.8) is 0 Å².